The molecule has 4 nitrogen and oxygen atoms in total. The van der Waals surface area contributed by atoms with Gasteiger partial charge in [-0.25, -0.2) is 0 Å². The fraction of sp³-hybridized carbons (Fsp3) is 0.222. The lowest BCUT2D eigenvalue weighted by atomic mass is 9.69. The Balaban J connectivity index is 2.23. The molecule has 1 N–H and O–H groups in total. The van der Waals surface area contributed by atoms with Gasteiger partial charge in [0.25, 0.3) is 0 Å². The third-order valence-electron chi connectivity index (χ3n) is 4.53. The smallest absolute Gasteiger partial charge is 0.312 e. The lowest BCUT2D eigenvalue weighted by Gasteiger charge is -2.30. The van der Waals surface area contributed by atoms with Gasteiger partial charge in [0.1, 0.15) is 0 Å². The topological polar surface area (TPSA) is 57.6 Å². The van der Waals surface area contributed by atoms with Crippen molar-refractivity contribution >= 4 is 17.6 Å². The molecule has 0 unspecified atom stereocenters. The zero-order valence-corrected chi connectivity index (χ0v) is 12.5. The number of carbonyl (C=O) groups excluding carboxylic acids is 1. The maximum Gasteiger partial charge on any atom is 0.312 e. The summed E-state index contributed by atoms with van der Waals surface area (Å²) < 4.78 is 0. The van der Waals surface area contributed by atoms with E-state index in [1.54, 1.807) is 43.1 Å². The number of amides is 1. The van der Waals surface area contributed by atoms with Gasteiger partial charge < -0.3 is 10.0 Å². The molecule has 2 atom stereocenters. The summed E-state index contributed by atoms with van der Waals surface area (Å²) in [6, 6.07) is 16.3. The minimum Gasteiger partial charge on any atom is -0.481 e. The number of fused-ring (bicyclic) bond motifs is 1. The average Bonchev–Trinajstić information content (AvgIpc) is 2.71. The number of hydrogen-bond donors (Lipinski definition) is 1. The molecule has 0 aromatic heterocycles. The SMILES string of the molecule is CN1C(=O)[C@@](C)([C@@H](C(=O)O)c2ccccc2)c2ccccc21. The molecular weight excluding hydrogens is 278 g/mol. The number of nitrogens with zero attached hydrogens (tertiary/aromatic N) is 1. The molecule has 0 fully saturated rings. The van der Waals surface area contributed by atoms with E-state index >= 15 is 0 Å². The van der Waals surface area contributed by atoms with Crippen LogP contribution in [0.4, 0.5) is 5.69 Å². The number of anilines is 1. The second-order valence-electron chi connectivity index (χ2n) is 5.77. The average molecular weight is 295 g/mol. The molecule has 1 aliphatic heterocycles. The molecule has 0 radical (unpaired) electrons. The molecule has 4 heteroatoms. The van der Waals surface area contributed by atoms with Crippen molar-refractivity contribution < 1.29 is 14.7 Å². The van der Waals surface area contributed by atoms with Crippen LogP contribution in [0.2, 0.25) is 0 Å². The summed E-state index contributed by atoms with van der Waals surface area (Å²) in [4.78, 5) is 26.4. The van der Waals surface area contributed by atoms with Crippen LogP contribution in [0.1, 0.15) is 24.0 Å². The van der Waals surface area contributed by atoms with E-state index in [0.29, 0.717) is 5.56 Å². The van der Waals surface area contributed by atoms with Gasteiger partial charge in [0.15, 0.2) is 0 Å². The highest BCUT2D eigenvalue weighted by atomic mass is 16.4. The number of para-hydroxylation sites is 1. The van der Waals surface area contributed by atoms with Crippen LogP contribution in [0.25, 0.3) is 0 Å². The van der Waals surface area contributed by atoms with Gasteiger partial charge >= 0.3 is 5.97 Å². The first-order valence-corrected chi connectivity index (χ1v) is 7.13. The Labute approximate surface area is 129 Å². The van der Waals surface area contributed by atoms with E-state index < -0.39 is 17.3 Å². The molecule has 0 aliphatic carbocycles. The number of benzene rings is 2. The Morgan fingerprint density at radius 1 is 1.09 bits per heavy atom. The molecule has 22 heavy (non-hydrogen) atoms. The van der Waals surface area contributed by atoms with Crippen molar-refractivity contribution in [3.8, 4) is 0 Å². The van der Waals surface area contributed by atoms with Gasteiger partial charge in [-0.3, -0.25) is 9.59 Å². The standard InChI is InChI=1S/C18H17NO3/c1-18(15(16(20)21)12-8-4-3-5-9-12)13-10-6-7-11-14(13)19(2)17(18)22/h3-11,15H,1-2H3,(H,20,21)/t15-,18-/m1/s1. The van der Waals surface area contributed by atoms with Crippen LogP contribution in [0.3, 0.4) is 0 Å². The summed E-state index contributed by atoms with van der Waals surface area (Å²) in [7, 11) is 1.69. The fourth-order valence-corrected chi connectivity index (χ4v) is 3.43. The normalized spacial score (nSPS) is 21.5. The van der Waals surface area contributed by atoms with Crippen molar-refractivity contribution in [2.75, 3.05) is 11.9 Å². The highest BCUT2D eigenvalue weighted by Gasteiger charge is 2.54. The van der Waals surface area contributed by atoms with Crippen LogP contribution >= 0.6 is 0 Å². The quantitative estimate of drug-likeness (QED) is 0.947. The van der Waals surface area contributed by atoms with Gasteiger partial charge in [-0.05, 0) is 24.1 Å². The van der Waals surface area contributed by atoms with E-state index in [0.717, 1.165) is 11.3 Å². The maximum absolute atomic E-state index is 12.9. The molecule has 1 aliphatic rings. The molecule has 3 rings (SSSR count). The third-order valence-corrected chi connectivity index (χ3v) is 4.53. The Hall–Kier alpha value is -2.62. The lowest BCUT2D eigenvalue weighted by Crippen LogP contribution is -2.44. The number of hydrogen-bond acceptors (Lipinski definition) is 2. The summed E-state index contributed by atoms with van der Waals surface area (Å²) >= 11 is 0. The van der Waals surface area contributed by atoms with Crippen LogP contribution in [0.5, 0.6) is 0 Å². The number of rotatable bonds is 3. The van der Waals surface area contributed by atoms with E-state index in [1.165, 1.54) is 0 Å². The summed E-state index contributed by atoms with van der Waals surface area (Å²) in [5, 5.41) is 9.81. The second-order valence-corrected chi connectivity index (χ2v) is 5.77. The molecule has 1 heterocycles. The number of aliphatic carboxylic acids is 1. The first-order valence-electron chi connectivity index (χ1n) is 7.13. The van der Waals surface area contributed by atoms with Crippen molar-refractivity contribution in [1.29, 1.82) is 0 Å². The van der Waals surface area contributed by atoms with E-state index in [2.05, 4.69) is 0 Å². The second kappa shape index (κ2) is 4.98. The van der Waals surface area contributed by atoms with Crippen LogP contribution in [-0.2, 0) is 15.0 Å². The summed E-state index contributed by atoms with van der Waals surface area (Å²) in [5.74, 6) is -2.11. The maximum atomic E-state index is 12.9. The molecule has 0 spiro atoms. The van der Waals surface area contributed by atoms with Gasteiger partial charge in [0.2, 0.25) is 5.91 Å². The van der Waals surface area contributed by atoms with Crippen LogP contribution in [0, 0.1) is 0 Å². The third kappa shape index (κ3) is 1.84. The Bertz CT molecular complexity index is 741. The van der Waals surface area contributed by atoms with Crippen molar-refractivity contribution in [2.24, 2.45) is 0 Å². The Kier molecular flexibility index (Phi) is 3.24. The monoisotopic (exact) mass is 295 g/mol. The first kappa shape index (κ1) is 14.3. The molecular formula is C18H17NO3. The van der Waals surface area contributed by atoms with Crippen molar-refractivity contribution in [3.05, 3.63) is 65.7 Å². The van der Waals surface area contributed by atoms with Crippen LogP contribution in [-0.4, -0.2) is 24.0 Å². The lowest BCUT2D eigenvalue weighted by molar-refractivity contribution is -0.143. The van der Waals surface area contributed by atoms with Gasteiger partial charge in [-0.1, -0.05) is 48.5 Å². The summed E-state index contributed by atoms with van der Waals surface area (Å²) in [6.07, 6.45) is 0. The fourth-order valence-electron chi connectivity index (χ4n) is 3.43. The first-order chi connectivity index (χ1) is 10.5. The zero-order valence-electron chi connectivity index (χ0n) is 12.5. The molecule has 0 saturated heterocycles. The van der Waals surface area contributed by atoms with E-state index in [1.807, 2.05) is 30.3 Å². The predicted octanol–water partition coefficient (Wildman–Crippen LogP) is 2.79. The number of carboxylic acid groups (broad SMARTS) is 1. The van der Waals surface area contributed by atoms with E-state index in [4.69, 9.17) is 0 Å². The highest BCUT2D eigenvalue weighted by Crippen LogP contribution is 2.49. The summed E-state index contributed by atoms with van der Waals surface area (Å²) in [6.45, 7) is 1.73. The minimum absolute atomic E-state index is 0.190. The van der Waals surface area contributed by atoms with Crippen molar-refractivity contribution in [3.63, 3.8) is 0 Å². The Morgan fingerprint density at radius 3 is 2.32 bits per heavy atom. The number of carbonyl (C=O) groups is 2. The molecule has 2 aromatic rings. The van der Waals surface area contributed by atoms with Crippen molar-refractivity contribution in [2.45, 2.75) is 18.3 Å². The molecule has 0 saturated carbocycles. The molecule has 2 aromatic carbocycles. The van der Waals surface area contributed by atoms with Gasteiger partial charge in [0.05, 0.1) is 11.3 Å². The number of carboxylic acids is 1. The van der Waals surface area contributed by atoms with Gasteiger partial charge in [0, 0.05) is 12.7 Å². The van der Waals surface area contributed by atoms with E-state index in [9.17, 15) is 14.7 Å². The number of likely N-dealkylation sites (N-methyl/N-ethyl adjacent to an activating group) is 1. The van der Waals surface area contributed by atoms with Gasteiger partial charge in [-0.15, -0.1) is 0 Å². The Morgan fingerprint density at radius 2 is 1.68 bits per heavy atom. The van der Waals surface area contributed by atoms with E-state index in [-0.39, 0.29) is 5.91 Å². The highest BCUT2D eigenvalue weighted by molar-refractivity contribution is 6.10. The predicted molar refractivity (Wildman–Crippen MR) is 84.0 cm³/mol. The minimum atomic E-state index is -1.11. The van der Waals surface area contributed by atoms with Crippen molar-refractivity contribution in [1.82, 2.24) is 0 Å². The van der Waals surface area contributed by atoms with Gasteiger partial charge in [-0.2, -0.15) is 0 Å². The largest absolute Gasteiger partial charge is 0.481 e. The molecule has 0 bridgehead atoms. The molecule has 1 amide bonds. The van der Waals surface area contributed by atoms with Crippen LogP contribution in [0.15, 0.2) is 54.6 Å². The van der Waals surface area contributed by atoms with Crippen LogP contribution < -0.4 is 4.90 Å². The summed E-state index contributed by atoms with van der Waals surface area (Å²) in [5.41, 5.74) is 1.06. The molecule has 112 valence electrons. The zero-order chi connectivity index (χ0) is 15.9.